The Bertz CT molecular complexity index is 314. The Kier molecular flexibility index (Phi) is 7.14. The van der Waals surface area contributed by atoms with Crippen molar-refractivity contribution in [2.75, 3.05) is 19.6 Å². The quantitative estimate of drug-likeness (QED) is 0.791. The zero-order chi connectivity index (χ0) is 16.0. The molecule has 1 heterocycles. The van der Waals surface area contributed by atoms with E-state index in [-0.39, 0.29) is 11.4 Å². The zero-order valence-corrected chi connectivity index (χ0v) is 14.6. The van der Waals surface area contributed by atoms with Crippen LogP contribution < -0.4 is 11.1 Å². The maximum absolute atomic E-state index is 12.2. The molecule has 1 fully saturated rings. The van der Waals surface area contributed by atoms with Crippen molar-refractivity contribution in [2.45, 2.75) is 71.9 Å². The van der Waals surface area contributed by atoms with Crippen molar-refractivity contribution >= 4 is 5.91 Å². The van der Waals surface area contributed by atoms with E-state index in [1.54, 1.807) is 0 Å². The van der Waals surface area contributed by atoms with Crippen LogP contribution in [0.5, 0.6) is 0 Å². The molecular weight excluding hydrogens is 262 g/mol. The first-order valence-corrected chi connectivity index (χ1v) is 8.46. The van der Waals surface area contributed by atoms with E-state index in [1.165, 1.54) is 0 Å². The molecule has 1 unspecified atom stereocenters. The molecule has 0 spiro atoms. The topological polar surface area (TPSA) is 58.4 Å². The Labute approximate surface area is 130 Å². The Hall–Kier alpha value is -0.610. The number of amides is 1. The molecule has 0 aromatic carbocycles. The third-order valence-electron chi connectivity index (χ3n) is 4.42. The summed E-state index contributed by atoms with van der Waals surface area (Å²) in [6, 6.07) is 0.341. The lowest BCUT2D eigenvalue weighted by atomic mass is 9.93. The fourth-order valence-electron chi connectivity index (χ4n) is 3.17. The first kappa shape index (κ1) is 18.4. The van der Waals surface area contributed by atoms with Crippen molar-refractivity contribution < 1.29 is 4.79 Å². The van der Waals surface area contributed by atoms with Crippen molar-refractivity contribution in [1.29, 1.82) is 0 Å². The molecule has 1 aliphatic rings. The minimum atomic E-state index is 0.181. The van der Waals surface area contributed by atoms with Gasteiger partial charge >= 0.3 is 0 Å². The zero-order valence-electron chi connectivity index (χ0n) is 14.6. The highest BCUT2D eigenvalue weighted by atomic mass is 16.1. The number of nitrogens with one attached hydrogen (secondary N) is 1. The predicted molar refractivity (Wildman–Crippen MR) is 89.1 cm³/mol. The van der Waals surface area contributed by atoms with Crippen LogP contribution in [0.1, 0.15) is 60.3 Å². The van der Waals surface area contributed by atoms with Gasteiger partial charge in [0.25, 0.3) is 0 Å². The number of nitrogens with zero attached hydrogens (tertiary/aromatic N) is 1. The largest absolute Gasteiger partial charge is 0.353 e. The minimum absolute atomic E-state index is 0.181. The second kappa shape index (κ2) is 8.14. The van der Waals surface area contributed by atoms with Crippen LogP contribution in [0.15, 0.2) is 0 Å². The third kappa shape index (κ3) is 6.79. The first-order chi connectivity index (χ1) is 9.72. The molecule has 0 bridgehead atoms. The molecule has 1 atom stereocenters. The molecule has 0 aromatic heterocycles. The Morgan fingerprint density at radius 1 is 1.29 bits per heavy atom. The maximum Gasteiger partial charge on any atom is 0.220 e. The lowest BCUT2D eigenvalue weighted by Crippen LogP contribution is -2.51. The molecule has 3 N–H and O–H groups in total. The number of carbonyl (C=O) groups excluding carboxylic acids is 1. The van der Waals surface area contributed by atoms with Gasteiger partial charge in [0.1, 0.15) is 0 Å². The Morgan fingerprint density at radius 3 is 2.29 bits per heavy atom. The van der Waals surface area contributed by atoms with E-state index in [1.807, 2.05) is 0 Å². The third-order valence-corrected chi connectivity index (χ3v) is 4.42. The highest BCUT2D eigenvalue weighted by Gasteiger charge is 2.27. The second-order valence-corrected chi connectivity index (χ2v) is 7.94. The molecule has 4 nitrogen and oxygen atoms in total. The number of hydrogen-bond donors (Lipinski definition) is 2. The van der Waals surface area contributed by atoms with Gasteiger partial charge in [-0.2, -0.15) is 0 Å². The van der Waals surface area contributed by atoms with Gasteiger partial charge < -0.3 is 11.1 Å². The molecule has 124 valence electrons. The average Bonchev–Trinajstić information content (AvgIpc) is 2.36. The average molecular weight is 297 g/mol. The van der Waals surface area contributed by atoms with E-state index >= 15 is 0 Å². The fraction of sp³-hybridized carbons (Fsp3) is 0.941. The minimum Gasteiger partial charge on any atom is -0.353 e. The summed E-state index contributed by atoms with van der Waals surface area (Å²) in [6.45, 7) is 13.9. The summed E-state index contributed by atoms with van der Waals surface area (Å²) < 4.78 is 0. The van der Waals surface area contributed by atoms with E-state index in [0.717, 1.165) is 32.4 Å². The van der Waals surface area contributed by atoms with Crippen LogP contribution in [0, 0.1) is 11.8 Å². The molecule has 0 aromatic rings. The first-order valence-electron chi connectivity index (χ1n) is 8.46. The molecule has 1 aliphatic heterocycles. The maximum atomic E-state index is 12.2. The number of piperidine rings is 1. The van der Waals surface area contributed by atoms with E-state index in [4.69, 9.17) is 5.73 Å². The van der Waals surface area contributed by atoms with Crippen molar-refractivity contribution in [3.63, 3.8) is 0 Å². The van der Waals surface area contributed by atoms with Gasteiger partial charge in [-0.1, -0.05) is 13.8 Å². The van der Waals surface area contributed by atoms with Crippen molar-refractivity contribution in [2.24, 2.45) is 17.6 Å². The van der Waals surface area contributed by atoms with Gasteiger partial charge in [0.05, 0.1) is 0 Å². The SMILES string of the molecule is CC(C)CC(CN)CC(=O)NC1CCN(C(C)(C)C)CC1. The summed E-state index contributed by atoms with van der Waals surface area (Å²) in [4.78, 5) is 14.7. The van der Waals surface area contributed by atoms with E-state index in [2.05, 4.69) is 44.8 Å². The molecule has 0 saturated carbocycles. The van der Waals surface area contributed by atoms with Gasteiger partial charge in [-0.05, 0) is 58.4 Å². The van der Waals surface area contributed by atoms with Crippen LogP contribution in [0.25, 0.3) is 0 Å². The number of carbonyl (C=O) groups is 1. The van der Waals surface area contributed by atoms with Gasteiger partial charge in [0.15, 0.2) is 0 Å². The van der Waals surface area contributed by atoms with Crippen LogP contribution in [0.3, 0.4) is 0 Å². The van der Waals surface area contributed by atoms with Crippen LogP contribution in [0.2, 0.25) is 0 Å². The number of rotatable bonds is 6. The molecule has 0 aliphatic carbocycles. The van der Waals surface area contributed by atoms with Crippen molar-refractivity contribution in [3.8, 4) is 0 Å². The lowest BCUT2D eigenvalue weighted by Gasteiger charge is -2.41. The summed E-state index contributed by atoms with van der Waals surface area (Å²) in [6.07, 6.45) is 3.72. The summed E-state index contributed by atoms with van der Waals surface area (Å²) in [5.41, 5.74) is 6.01. The van der Waals surface area contributed by atoms with Crippen molar-refractivity contribution in [3.05, 3.63) is 0 Å². The van der Waals surface area contributed by atoms with E-state index in [0.29, 0.717) is 30.8 Å². The molecule has 1 rings (SSSR count). The van der Waals surface area contributed by atoms with Crippen molar-refractivity contribution in [1.82, 2.24) is 10.2 Å². The lowest BCUT2D eigenvalue weighted by molar-refractivity contribution is -0.123. The van der Waals surface area contributed by atoms with Gasteiger partial charge in [0.2, 0.25) is 5.91 Å². The summed E-state index contributed by atoms with van der Waals surface area (Å²) in [5, 5.41) is 3.21. The molecule has 0 radical (unpaired) electrons. The summed E-state index contributed by atoms with van der Waals surface area (Å²) >= 11 is 0. The number of hydrogen-bond acceptors (Lipinski definition) is 3. The van der Waals surface area contributed by atoms with E-state index < -0.39 is 0 Å². The fourth-order valence-corrected chi connectivity index (χ4v) is 3.17. The standard InChI is InChI=1S/C17H35N3O/c1-13(2)10-14(12-18)11-16(21)19-15-6-8-20(9-7-15)17(3,4)5/h13-15H,6-12,18H2,1-5H3,(H,19,21). The normalized spacial score (nSPS) is 19.8. The number of likely N-dealkylation sites (tertiary alicyclic amines) is 1. The highest BCUT2D eigenvalue weighted by molar-refractivity contribution is 5.76. The second-order valence-electron chi connectivity index (χ2n) is 7.94. The summed E-state index contributed by atoms with van der Waals surface area (Å²) in [7, 11) is 0. The molecule has 1 saturated heterocycles. The highest BCUT2D eigenvalue weighted by Crippen LogP contribution is 2.20. The van der Waals surface area contributed by atoms with Gasteiger partial charge in [0, 0.05) is 31.1 Å². The van der Waals surface area contributed by atoms with E-state index in [9.17, 15) is 4.79 Å². The van der Waals surface area contributed by atoms with Crippen LogP contribution in [-0.4, -0.2) is 42.0 Å². The monoisotopic (exact) mass is 297 g/mol. The Morgan fingerprint density at radius 2 is 1.86 bits per heavy atom. The van der Waals surface area contributed by atoms with Gasteiger partial charge in [-0.25, -0.2) is 0 Å². The summed E-state index contributed by atoms with van der Waals surface area (Å²) in [5.74, 6) is 1.10. The van der Waals surface area contributed by atoms with Crippen LogP contribution in [0.4, 0.5) is 0 Å². The van der Waals surface area contributed by atoms with Gasteiger partial charge in [-0.15, -0.1) is 0 Å². The van der Waals surface area contributed by atoms with Gasteiger partial charge in [-0.3, -0.25) is 9.69 Å². The predicted octanol–water partition coefficient (Wildman–Crippen LogP) is 2.38. The molecule has 21 heavy (non-hydrogen) atoms. The molecule has 4 heteroatoms. The molecule has 1 amide bonds. The smallest absolute Gasteiger partial charge is 0.220 e. The van der Waals surface area contributed by atoms with Crippen LogP contribution >= 0.6 is 0 Å². The Balaban J connectivity index is 2.33. The van der Waals surface area contributed by atoms with Crippen LogP contribution in [-0.2, 0) is 4.79 Å². The number of nitrogens with two attached hydrogens (primary N) is 1. The molecular formula is C17H35N3O.